The maximum atomic E-state index is 6.26. The van der Waals surface area contributed by atoms with Crippen LogP contribution >= 0.6 is 34.3 Å². The number of hydrogen-bond donors (Lipinski definition) is 0. The van der Waals surface area contributed by atoms with E-state index in [1.54, 1.807) is 29.7 Å². The van der Waals surface area contributed by atoms with Crippen LogP contribution in [0.5, 0.6) is 0 Å². The molecule has 2 aromatic heterocycles. The Labute approximate surface area is 141 Å². The molecule has 0 aliphatic carbocycles. The SMILES string of the molecule is CN=c1scc(-c2cccs2)n1N=C(C)c1ccccc1Cl. The largest absolute Gasteiger partial charge is 0.261 e. The molecule has 0 spiro atoms. The number of halogens is 1. The fraction of sp³-hybridized carbons (Fsp3) is 0.125. The summed E-state index contributed by atoms with van der Waals surface area (Å²) in [6, 6.07) is 11.9. The van der Waals surface area contributed by atoms with Crippen molar-refractivity contribution in [1.29, 1.82) is 0 Å². The predicted octanol–water partition coefficient (Wildman–Crippen LogP) is 4.73. The summed E-state index contributed by atoms with van der Waals surface area (Å²) in [4.78, 5) is 6.34. The van der Waals surface area contributed by atoms with Gasteiger partial charge in [-0.1, -0.05) is 35.9 Å². The van der Waals surface area contributed by atoms with Crippen LogP contribution in [0.4, 0.5) is 0 Å². The topological polar surface area (TPSA) is 29.6 Å². The Morgan fingerprint density at radius 3 is 2.64 bits per heavy atom. The van der Waals surface area contributed by atoms with Crippen LogP contribution in [0.15, 0.2) is 57.3 Å². The van der Waals surface area contributed by atoms with Gasteiger partial charge in [-0.15, -0.1) is 22.7 Å². The smallest absolute Gasteiger partial charge is 0.205 e. The molecule has 0 fully saturated rings. The molecule has 3 rings (SSSR count). The van der Waals surface area contributed by atoms with Crippen LogP contribution in [-0.4, -0.2) is 17.4 Å². The van der Waals surface area contributed by atoms with Gasteiger partial charge in [0.2, 0.25) is 4.80 Å². The van der Waals surface area contributed by atoms with Crippen LogP contribution in [0.2, 0.25) is 5.02 Å². The van der Waals surface area contributed by atoms with Gasteiger partial charge < -0.3 is 0 Å². The zero-order chi connectivity index (χ0) is 15.5. The number of thiophene rings is 1. The average Bonchev–Trinajstić information content (AvgIpc) is 3.16. The van der Waals surface area contributed by atoms with E-state index < -0.39 is 0 Å². The predicted molar refractivity (Wildman–Crippen MR) is 96.2 cm³/mol. The molecule has 0 atom stereocenters. The molecule has 0 radical (unpaired) electrons. The number of benzene rings is 1. The maximum absolute atomic E-state index is 6.26. The van der Waals surface area contributed by atoms with E-state index in [-0.39, 0.29) is 0 Å². The zero-order valence-electron chi connectivity index (χ0n) is 12.2. The monoisotopic (exact) mass is 347 g/mol. The lowest BCUT2D eigenvalue weighted by Crippen LogP contribution is -2.13. The minimum atomic E-state index is 0.701. The van der Waals surface area contributed by atoms with Gasteiger partial charge in [0.1, 0.15) is 0 Å². The Morgan fingerprint density at radius 1 is 1.14 bits per heavy atom. The van der Waals surface area contributed by atoms with E-state index in [1.165, 1.54) is 4.88 Å². The molecule has 3 nitrogen and oxygen atoms in total. The summed E-state index contributed by atoms with van der Waals surface area (Å²) >= 11 is 9.53. The summed E-state index contributed by atoms with van der Waals surface area (Å²) in [6.45, 7) is 1.96. The van der Waals surface area contributed by atoms with Crippen LogP contribution in [0.1, 0.15) is 12.5 Å². The van der Waals surface area contributed by atoms with Gasteiger partial charge in [0.05, 0.1) is 16.3 Å². The van der Waals surface area contributed by atoms with Crippen molar-refractivity contribution in [2.45, 2.75) is 6.92 Å². The highest BCUT2D eigenvalue weighted by Crippen LogP contribution is 2.25. The Bertz CT molecular complexity index is 873. The van der Waals surface area contributed by atoms with Crippen molar-refractivity contribution in [2.75, 3.05) is 7.05 Å². The van der Waals surface area contributed by atoms with Crippen molar-refractivity contribution in [3.05, 3.63) is 62.5 Å². The molecule has 6 heteroatoms. The number of hydrogen-bond acceptors (Lipinski definition) is 4. The van der Waals surface area contributed by atoms with E-state index >= 15 is 0 Å². The number of nitrogens with zero attached hydrogens (tertiary/aromatic N) is 3. The third kappa shape index (κ3) is 2.92. The van der Waals surface area contributed by atoms with Crippen LogP contribution in [-0.2, 0) is 0 Å². The molecule has 0 aliphatic heterocycles. The Morgan fingerprint density at radius 2 is 1.95 bits per heavy atom. The van der Waals surface area contributed by atoms with Crippen molar-refractivity contribution in [1.82, 2.24) is 4.68 Å². The highest BCUT2D eigenvalue weighted by Gasteiger charge is 2.10. The molecule has 0 bridgehead atoms. The van der Waals surface area contributed by atoms with Crippen molar-refractivity contribution in [3.63, 3.8) is 0 Å². The lowest BCUT2D eigenvalue weighted by atomic mass is 10.1. The van der Waals surface area contributed by atoms with E-state index in [9.17, 15) is 0 Å². The number of thiazole rings is 1. The lowest BCUT2D eigenvalue weighted by Gasteiger charge is -2.06. The first-order valence-corrected chi connectivity index (χ1v) is 8.82. The van der Waals surface area contributed by atoms with Crippen LogP contribution in [0.25, 0.3) is 10.6 Å². The van der Waals surface area contributed by atoms with Gasteiger partial charge in [-0.3, -0.25) is 4.99 Å². The summed E-state index contributed by atoms with van der Waals surface area (Å²) in [7, 11) is 1.78. The molecule has 0 N–H and O–H groups in total. The zero-order valence-corrected chi connectivity index (χ0v) is 14.5. The molecule has 0 saturated carbocycles. The summed E-state index contributed by atoms with van der Waals surface area (Å²) < 4.78 is 1.88. The second-order valence-electron chi connectivity index (χ2n) is 4.58. The summed E-state index contributed by atoms with van der Waals surface area (Å²) in [6.07, 6.45) is 0. The van der Waals surface area contributed by atoms with Crippen LogP contribution in [0.3, 0.4) is 0 Å². The second kappa shape index (κ2) is 6.60. The van der Waals surface area contributed by atoms with E-state index in [0.29, 0.717) is 5.02 Å². The molecular formula is C16H14ClN3S2. The summed E-state index contributed by atoms with van der Waals surface area (Å²) in [5.74, 6) is 0. The van der Waals surface area contributed by atoms with Crippen molar-refractivity contribution in [2.24, 2.45) is 10.1 Å². The molecule has 3 aromatic rings. The fourth-order valence-corrected chi connectivity index (χ4v) is 3.96. The second-order valence-corrected chi connectivity index (χ2v) is 6.77. The first-order valence-electron chi connectivity index (χ1n) is 6.68. The maximum Gasteiger partial charge on any atom is 0.205 e. The van der Waals surface area contributed by atoms with Gasteiger partial charge in [0, 0.05) is 23.0 Å². The molecule has 22 heavy (non-hydrogen) atoms. The fourth-order valence-electron chi connectivity index (χ4n) is 2.10. The van der Waals surface area contributed by atoms with Gasteiger partial charge in [-0.05, 0) is 24.4 Å². The first kappa shape index (κ1) is 15.2. The molecule has 0 unspecified atom stereocenters. The molecule has 1 aromatic carbocycles. The molecule has 112 valence electrons. The summed E-state index contributed by atoms with van der Waals surface area (Å²) in [5, 5.41) is 9.59. The highest BCUT2D eigenvalue weighted by molar-refractivity contribution is 7.14. The minimum Gasteiger partial charge on any atom is -0.261 e. The molecule has 2 heterocycles. The van der Waals surface area contributed by atoms with Gasteiger partial charge >= 0.3 is 0 Å². The van der Waals surface area contributed by atoms with Crippen LogP contribution in [0, 0.1) is 0 Å². The Kier molecular flexibility index (Phi) is 4.57. The van der Waals surface area contributed by atoms with Gasteiger partial charge in [0.15, 0.2) is 0 Å². The van der Waals surface area contributed by atoms with Gasteiger partial charge in [-0.2, -0.15) is 5.10 Å². The highest BCUT2D eigenvalue weighted by atomic mass is 35.5. The van der Waals surface area contributed by atoms with Crippen molar-refractivity contribution >= 4 is 40.0 Å². The van der Waals surface area contributed by atoms with E-state index in [1.807, 2.05) is 41.9 Å². The Balaban J connectivity index is 2.15. The number of aromatic nitrogens is 1. The van der Waals surface area contributed by atoms with Crippen molar-refractivity contribution in [3.8, 4) is 10.6 Å². The minimum absolute atomic E-state index is 0.701. The third-order valence-corrected chi connectivity index (χ3v) is 5.29. The van der Waals surface area contributed by atoms with Gasteiger partial charge in [-0.25, -0.2) is 4.68 Å². The first-order chi connectivity index (χ1) is 10.7. The lowest BCUT2D eigenvalue weighted by molar-refractivity contribution is 0.844. The molecular weight excluding hydrogens is 334 g/mol. The standard InChI is InChI=1S/C16H14ClN3S2/c1-11(12-6-3-4-7-13(12)17)19-20-14(10-22-16(20)18-2)15-8-5-9-21-15/h3-10H,1-2H3. The average molecular weight is 348 g/mol. The molecule has 0 amide bonds. The van der Waals surface area contributed by atoms with Crippen LogP contribution < -0.4 is 4.80 Å². The van der Waals surface area contributed by atoms with Gasteiger partial charge in [0.25, 0.3) is 0 Å². The quantitative estimate of drug-likeness (QED) is 0.613. The number of rotatable bonds is 3. The molecule has 0 aliphatic rings. The normalized spacial score (nSPS) is 12.9. The third-order valence-electron chi connectivity index (χ3n) is 3.16. The molecule has 0 saturated heterocycles. The van der Waals surface area contributed by atoms with Crippen molar-refractivity contribution < 1.29 is 0 Å². The summed E-state index contributed by atoms with van der Waals surface area (Å²) in [5.41, 5.74) is 2.84. The van der Waals surface area contributed by atoms with E-state index in [4.69, 9.17) is 16.7 Å². The van der Waals surface area contributed by atoms with E-state index in [2.05, 4.69) is 21.8 Å². The Hall–Kier alpha value is -1.69. The van der Waals surface area contributed by atoms with E-state index in [0.717, 1.165) is 21.8 Å².